The van der Waals surface area contributed by atoms with Crippen LogP contribution in [0.2, 0.25) is 0 Å². The summed E-state index contributed by atoms with van der Waals surface area (Å²) >= 11 is 1.50. The van der Waals surface area contributed by atoms with Crippen LogP contribution in [0.5, 0.6) is 0 Å². The summed E-state index contributed by atoms with van der Waals surface area (Å²) in [5.74, 6) is 0.0424. The molecule has 4 nitrogen and oxygen atoms in total. The second kappa shape index (κ2) is 5.50. The fourth-order valence-corrected chi connectivity index (χ4v) is 2.99. The van der Waals surface area contributed by atoms with E-state index in [1.165, 1.54) is 11.3 Å². The van der Waals surface area contributed by atoms with E-state index in [9.17, 15) is 4.79 Å². The Balaban J connectivity index is 1.70. The first kappa shape index (κ1) is 12.3. The third kappa shape index (κ3) is 2.83. The van der Waals surface area contributed by atoms with Crippen molar-refractivity contribution in [3.05, 3.63) is 36.5 Å². The minimum atomic E-state index is -0.0534. The lowest BCUT2D eigenvalue weighted by Gasteiger charge is -2.08. The summed E-state index contributed by atoms with van der Waals surface area (Å²) in [7, 11) is 0. The maximum atomic E-state index is 12.0. The Hall–Kier alpha value is -1.72. The number of anilines is 1. The van der Waals surface area contributed by atoms with E-state index in [0.717, 1.165) is 35.0 Å². The Labute approximate surface area is 115 Å². The number of nitrogens with one attached hydrogen (secondary N) is 2. The zero-order chi connectivity index (χ0) is 13.1. The van der Waals surface area contributed by atoms with E-state index in [-0.39, 0.29) is 11.9 Å². The minimum absolute atomic E-state index is 0.0424. The van der Waals surface area contributed by atoms with Gasteiger partial charge in [-0.2, -0.15) is 0 Å². The molecule has 5 heteroatoms. The third-order valence-electron chi connectivity index (χ3n) is 3.15. The second-order valence-electron chi connectivity index (χ2n) is 4.53. The zero-order valence-electron chi connectivity index (χ0n) is 10.4. The van der Waals surface area contributed by atoms with Crippen LogP contribution in [-0.2, 0) is 4.79 Å². The monoisotopic (exact) mass is 273 g/mol. The van der Waals surface area contributed by atoms with Crippen molar-refractivity contribution in [1.29, 1.82) is 0 Å². The lowest BCUT2D eigenvalue weighted by Crippen LogP contribution is -2.35. The lowest BCUT2D eigenvalue weighted by molar-refractivity contribution is -0.117. The molecule has 3 rings (SSSR count). The van der Waals surface area contributed by atoms with Gasteiger partial charge in [-0.25, -0.2) is 4.98 Å². The summed E-state index contributed by atoms with van der Waals surface area (Å²) in [5, 5.41) is 7.85. The summed E-state index contributed by atoms with van der Waals surface area (Å²) in [4.78, 5) is 16.3. The fraction of sp³-hybridized carbons (Fsp3) is 0.286. The van der Waals surface area contributed by atoms with Gasteiger partial charge in [0.2, 0.25) is 5.91 Å². The zero-order valence-corrected chi connectivity index (χ0v) is 11.2. The number of benzene rings is 1. The Morgan fingerprint density at radius 2 is 2.21 bits per heavy atom. The number of carbonyl (C=O) groups excluding carboxylic acids is 1. The van der Waals surface area contributed by atoms with Crippen LogP contribution in [0.4, 0.5) is 5.00 Å². The van der Waals surface area contributed by atoms with E-state index >= 15 is 0 Å². The van der Waals surface area contributed by atoms with Gasteiger partial charge < -0.3 is 10.6 Å². The van der Waals surface area contributed by atoms with Crippen LogP contribution in [0.25, 0.3) is 10.6 Å². The topological polar surface area (TPSA) is 54.0 Å². The van der Waals surface area contributed by atoms with Gasteiger partial charge in [-0.15, -0.1) is 0 Å². The van der Waals surface area contributed by atoms with Crippen molar-refractivity contribution < 1.29 is 4.79 Å². The molecule has 0 unspecified atom stereocenters. The number of hydrogen-bond acceptors (Lipinski definition) is 4. The molecular formula is C14H15N3OS. The van der Waals surface area contributed by atoms with E-state index in [1.54, 1.807) is 6.20 Å². The summed E-state index contributed by atoms with van der Waals surface area (Å²) in [5.41, 5.74) is 1.08. The van der Waals surface area contributed by atoms with E-state index in [0.29, 0.717) is 0 Å². The Kier molecular flexibility index (Phi) is 3.57. The van der Waals surface area contributed by atoms with Gasteiger partial charge in [-0.05, 0) is 19.4 Å². The van der Waals surface area contributed by atoms with Gasteiger partial charge in [0, 0.05) is 5.56 Å². The molecular weight excluding hydrogens is 258 g/mol. The van der Waals surface area contributed by atoms with Crippen LogP contribution in [0.15, 0.2) is 36.5 Å². The highest BCUT2D eigenvalue weighted by Gasteiger charge is 2.22. The molecule has 2 heterocycles. The first-order valence-corrected chi connectivity index (χ1v) is 7.20. The number of amides is 1. The fourth-order valence-electron chi connectivity index (χ4n) is 2.16. The molecule has 1 aromatic heterocycles. The average molecular weight is 273 g/mol. The lowest BCUT2D eigenvalue weighted by atomic mass is 10.2. The highest BCUT2D eigenvalue weighted by atomic mass is 32.1. The van der Waals surface area contributed by atoms with Crippen molar-refractivity contribution in [2.24, 2.45) is 0 Å². The maximum Gasteiger partial charge on any atom is 0.242 e. The standard InChI is InChI=1S/C14H15N3OS/c18-13(11-7-4-8-15-11)17-12-9-16-14(19-12)10-5-2-1-3-6-10/h1-3,5-6,9,11,15H,4,7-8H2,(H,17,18)/t11-/m0/s1. The number of aromatic nitrogens is 1. The quantitative estimate of drug-likeness (QED) is 0.903. The number of carbonyl (C=O) groups is 1. The number of thiazole rings is 1. The van der Waals surface area contributed by atoms with Gasteiger partial charge in [-0.3, -0.25) is 4.79 Å². The highest BCUT2D eigenvalue weighted by molar-refractivity contribution is 7.19. The van der Waals surface area contributed by atoms with Crippen molar-refractivity contribution in [2.45, 2.75) is 18.9 Å². The van der Waals surface area contributed by atoms with Crippen molar-refractivity contribution in [2.75, 3.05) is 11.9 Å². The minimum Gasteiger partial charge on any atom is -0.315 e. The second-order valence-corrected chi connectivity index (χ2v) is 5.56. The summed E-state index contributed by atoms with van der Waals surface area (Å²) < 4.78 is 0. The van der Waals surface area contributed by atoms with Gasteiger partial charge in [0.05, 0.1) is 12.2 Å². The molecule has 0 radical (unpaired) electrons. The normalized spacial score (nSPS) is 18.4. The van der Waals surface area contributed by atoms with Gasteiger partial charge in [0.1, 0.15) is 10.0 Å². The van der Waals surface area contributed by atoms with Crippen molar-refractivity contribution in [3.63, 3.8) is 0 Å². The molecule has 0 spiro atoms. The van der Waals surface area contributed by atoms with E-state index < -0.39 is 0 Å². The van der Waals surface area contributed by atoms with Gasteiger partial charge in [0.25, 0.3) is 0 Å². The van der Waals surface area contributed by atoms with Gasteiger partial charge >= 0.3 is 0 Å². The molecule has 1 aromatic carbocycles. The van der Waals surface area contributed by atoms with E-state index in [2.05, 4.69) is 15.6 Å². The Bertz CT molecular complexity index is 561. The average Bonchev–Trinajstić information content (AvgIpc) is 3.11. The number of hydrogen-bond donors (Lipinski definition) is 2. The Morgan fingerprint density at radius 3 is 2.95 bits per heavy atom. The van der Waals surface area contributed by atoms with Crippen molar-refractivity contribution >= 4 is 22.2 Å². The molecule has 2 N–H and O–H groups in total. The molecule has 1 atom stereocenters. The maximum absolute atomic E-state index is 12.0. The molecule has 0 saturated carbocycles. The van der Waals surface area contributed by atoms with E-state index in [1.807, 2.05) is 30.3 Å². The molecule has 0 aliphatic carbocycles. The predicted molar refractivity (Wildman–Crippen MR) is 77.2 cm³/mol. The molecule has 1 saturated heterocycles. The van der Waals surface area contributed by atoms with Crippen LogP contribution in [-0.4, -0.2) is 23.5 Å². The molecule has 1 aliphatic heterocycles. The van der Waals surface area contributed by atoms with Crippen LogP contribution >= 0.6 is 11.3 Å². The van der Waals surface area contributed by atoms with Crippen molar-refractivity contribution in [1.82, 2.24) is 10.3 Å². The third-order valence-corrected chi connectivity index (χ3v) is 4.11. The molecule has 2 aromatic rings. The van der Waals surface area contributed by atoms with Crippen LogP contribution < -0.4 is 10.6 Å². The molecule has 98 valence electrons. The summed E-state index contributed by atoms with van der Waals surface area (Å²) in [6, 6.07) is 9.93. The molecule has 1 aliphatic rings. The molecule has 19 heavy (non-hydrogen) atoms. The number of rotatable bonds is 3. The Morgan fingerprint density at radius 1 is 1.37 bits per heavy atom. The summed E-state index contributed by atoms with van der Waals surface area (Å²) in [6.07, 6.45) is 3.70. The molecule has 1 amide bonds. The number of nitrogens with zero attached hydrogens (tertiary/aromatic N) is 1. The van der Waals surface area contributed by atoms with Crippen molar-refractivity contribution in [3.8, 4) is 10.6 Å². The summed E-state index contributed by atoms with van der Waals surface area (Å²) in [6.45, 7) is 0.927. The van der Waals surface area contributed by atoms with Crippen LogP contribution in [0.3, 0.4) is 0 Å². The predicted octanol–water partition coefficient (Wildman–Crippen LogP) is 2.50. The van der Waals surface area contributed by atoms with Crippen LogP contribution in [0, 0.1) is 0 Å². The smallest absolute Gasteiger partial charge is 0.242 e. The highest BCUT2D eigenvalue weighted by Crippen LogP contribution is 2.28. The first-order chi connectivity index (χ1) is 9.33. The SMILES string of the molecule is O=C(Nc1cnc(-c2ccccc2)s1)[C@@H]1CCCN1. The van der Waals surface area contributed by atoms with Gasteiger partial charge in [0.15, 0.2) is 0 Å². The molecule has 1 fully saturated rings. The molecule has 0 bridgehead atoms. The first-order valence-electron chi connectivity index (χ1n) is 6.38. The van der Waals surface area contributed by atoms with Gasteiger partial charge in [-0.1, -0.05) is 41.7 Å². The van der Waals surface area contributed by atoms with Crippen LogP contribution in [0.1, 0.15) is 12.8 Å². The largest absolute Gasteiger partial charge is 0.315 e. The van der Waals surface area contributed by atoms with E-state index in [4.69, 9.17) is 0 Å².